The third-order valence-corrected chi connectivity index (χ3v) is 10.8. The van der Waals surface area contributed by atoms with Gasteiger partial charge in [-0.25, -0.2) is 27.9 Å². The number of fused-ring (bicyclic) bond motifs is 1. The minimum absolute atomic E-state index is 0.0161. The molecule has 0 aliphatic carbocycles. The molecule has 46 heavy (non-hydrogen) atoms. The zero-order valence-corrected chi connectivity index (χ0v) is 27.6. The zero-order chi connectivity index (χ0) is 32.6. The summed E-state index contributed by atoms with van der Waals surface area (Å²) in [5, 5.41) is 6.94. The van der Waals surface area contributed by atoms with E-state index in [0.717, 1.165) is 35.6 Å². The molecule has 242 valence electrons. The Hall–Kier alpha value is -3.80. The van der Waals surface area contributed by atoms with Crippen molar-refractivity contribution < 1.29 is 17.9 Å². The Morgan fingerprint density at radius 3 is 2.48 bits per heavy atom. The third-order valence-electron chi connectivity index (χ3n) is 7.82. The number of H-pyrrole nitrogens is 1. The lowest BCUT2D eigenvalue weighted by molar-refractivity contribution is -0.132. The van der Waals surface area contributed by atoms with Crippen LogP contribution < -0.4 is 15.1 Å². The molecule has 1 amide bonds. The highest BCUT2D eigenvalue weighted by Gasteiger charge is 2.45. The molecule has 2 fully saturated rings. The van der Waals surface area contributed by atoms with Crippen LogP contribution in [-0.4, -0.2) is 107 Å². The van der Waals surface area contributed by atoms with Gasteiger partial charge in [0.2, 0.25) is 5.78 Å². The Morgan fingerprint density at radius 2 is 1.80 bits per heavy atom. The van der Waals surface area contributed by atoms with Crippen molar-refractivity contribution in [3.8, 4) is 5.75 Å². The van der Waals surface area contributed by atoms with Crippen LogP contribution in [0.2, 0.25) is 5.02 Å². The number of nitrogens with zero attached hydrogens (tertiary/aromatic N) is 7. The summed E-state index contributed by atoms with van der Waals surface area (Å²) in [7, 11) is -1.13. The number of piperazine rings is 1. The van der Waals surface area contributed by atoms with Gasteiger partial charge in [-0.2, -0.15) is 10.1 Å². The van der Waals surface area contributed by atoms with Crippen LogP contribution in [-0.2, 0) is 14.8 Å². The fraction of sp³-hybridized carbons (Fsp3) is 0.345. The largest absolute Gasteiger partial charge is 0.497 e. The van der Waals surface area contributed by atoms with E-state index >= 15 is 0 Å². The number of halogens is 1. The van der Waals surface area contributed by atoms with Gasteiger partial charge in [0.15, 0.2) is 10.7 Å². The average molecular weight is 686 g/mol. The molecule has 17 heteroatoms. The molecule has 0 saturated carbocycles. The van der Waals surface area contributed by atoms with Crippen LogP contribution in [0.3, 0.4) is 0 Å². The monoisotopic (exact) mass is 685 g/mol. The Bertz CT molecular complexity index is 1940. The van der Waals surface area contributed by atoms with Gasteiger partial charge < -0.3 is 9.64 Å². The Balaban J connectivity index is 1.37. The number of thioether (sulfide) groups is 1. The molecule has 0 bridgehead atoms. The summed E-state index contributed by atoms with van der Waals surface area (Å²) in [6.07, 6.45) is 1.39. The van der Waals surface area contributed by atoms with E-state index in [9.17, 15) is 18.0 Å². The highest BCUT2D eigenvalue weighted by molar-refractivity contribution is 8.01. The van der Waals surface area contributed by atoms with Crippen molar-refractivity contribution in [1.82, 2.24) is 39.2 Å². The number of benzene rings is 2. The zero-order valence-electron chi connectivity index (χ0n) is 25.3. The molecular weight excluding hydrogens is 654 g/mol. The molecule has 2 aromatic carbocycles. The number of hydrazine groups is 1. The van der Waals surface area contributed by atoms with Crippen molar-refractivity contribution in [2.45, 2.75) is 22.4 Å². The second-order valence-electron chi connectivity index (χ2n) is 11.0. The highest BCUT2D eigenvalue weighted by Crippen LogP contribution is 2.43. The molecule has 2 saturated heterocycles. The first kappa shape index (κ1) is 32.2. The number of aromatic nitrogens is 4. The lowest BCUT2D eigenvalue weighted by Gasteiger charge is -2.33. The Morgan fingerprint density at radius 1 is 1.11 bits per heavy atom. The SMILES string of the molecule is COc1ccc(C=Nc2nc3[nH]nc(C)n3c(=O)c2S(=O)(=O)NN2C(=O)C(CN3CCN(C)CC3)SC2c2ccc(Cl)cc2)cc1. The van der Waals surface area contributed by atoms with Gasteiger partial charge in [0, 0.05) is 44.0 Å². The van der Waals surface area contributed by atoms with Gasteiger partial charge in [-0.3, -0.25) is 14.5 Å². The molecule has 4 aromatic rings. The van der Waals surface area contributed by atoms with E-state index in [4.69, 9.17) is 16.3 Å². The summed E-state index contributed by atoms with van der Waals surface area (Å²) < 4.78 is 34.6. The average Bonchev–Trinajstić information content (AvgIpc) is 3.56. The molecule has 2 aliphatic rings. The first-order chi connectivity index (χ1) is 22.0. The van der Waals surface area contributed by atoms with Crippen LogP contribution in [0.1, 0.15) is 22.3 Å². The maximum absolute atomic E-state index is 14.2. The normalized spacial score (nSPS) is 19.9. The van der Waals surface area contributed by atoms with Gasteiger partial charge >= 0.3 is 0 Å². The van der Waals surface area contributed by atoms with E-state index < -0.39 is 37.0 Å². The quantitative estimate of drug-likeness (QED) is 0.250. The number of sulfonamides is 1. The number of nitrogens with one attached hydrogen (secondary N) is 2. The van der Waals surface area contributed by atoms with Crippen LogP contribution in [0.4, 0.5) is 5.82 Å². The number of hydrogen-bond donors (Lipinski definition) is 2. The van der Waals surface area contributed by atoms with Gasteiger partial charge in [-0.05, 0) is 61.5 Å². The minimum Gasteiger partial charge on any atom is -0.497 e. The fourth-order valence-corrected chi connectivity index (χ4v) is 8.08. The van der Waals surface area contributed by atoms with Crippen molar-refractivity contribution in [1.29, 1.82) is 0 Å². The minimum atomic E-state index is -4.73. The molecular formula is C29H32ClN9O5S2. The van der Waals surface area contributed by atoms with Crippen LogP contribution in [0.5, 0.6) is 5.75 Å². The van der Waals surface area contributed by atoms with Gasteiger partial charge in [0.1, 0.15) is 22.2 Å². The summed E-state index contributed by atoms with van der Waals surface area (Å²) in [6.45, 7) is 5.31. The molecule has 2 unspecified atom stereocenters. The van der Waals surface area contributed by atoms with E-state index in [1.165, 1.54) is 24.9 Å². The second kappa shape index (κ2) is 13.1. The number of ether oxygens (including phenoxy) is 1. The van der Waals surface area contributed by atoms with Crippen molar-refractivity contribution in [2.75, 3.05) is 46.9 Å². The summed E-state index contributed by atoms with van der Waals surface area (Å²) in [5.74, 6) is 0.0541. The van der Waals surface area contributed by atoms with Crippen LogP contribution in [0, 0.1) is 6.92 Å². The van der Waals surface area contributed by atoms with E-state index in [1.807, 2.05) is 0 Å². The maximum atomic E-state index is 14.2. The molecule has 6 rings (SSSR count). The molecule has 2 atom stereocenters. The summed E-state index contributed by atoms with van der Waals surface area (Å²) >= 11 is 7.47. The molecule has 0 spiro atoms. The molecule has 2 aliphatic heterocycles. The maximum Gasteiger partial charge on any atom is 0.283 e. The smallest absolute Gasteiger partial charge is 0.283 e. The van der Waals surface area contributed by atoms with Gasteiger partial charge in [-0.15, -0.1) is 16.6 Å². The first-order valence-corrected chi connectivity index (χ1v) is 17.2. The van der Waals surface area contributed by atoms with Crippen molar-refractivity contribution in [2.24, 2.45) is 4.99 Å². The standard InChI is InChI=1S/C29H32ClN9O5S2/c1-18-33-34-29-32-25(31-16-19-4-10-22(44-3)11-5-19)24(27(41)38(18)29)46(42,43)35-39-26(40)23(17-37-14-12-36(2)13-15-37)45-28(39)20-6-8-21(30)9-7-20/h4-11,16,23,28,35H,12-15,17H2,1-3H3,(H,32,34). The van der Waals surface area contributed by atoms with Gasteiger partial charge in [-0.1, -0.05) is 23.7 Å². The number of likely N-dealkylation sites (N-methyl/N-ethyl adjacent to an activating group) is 1. The van der Waals surface area contributed by atoms with Crippen molar-refractivity contribution in [3.05, 3.63) is 80.9 Å². The summed E-state index contributed by atoms with van der Waals surface area (Å²) in [5.41, 5.74) is 0.364. The van der Waals surface area contributed by atoms with E-state index in [2.05, 4.69) is 41.9 Å². The van der Waals surface area contributed by atoms with E-state index in [0.29, 0.717) is 28.4 Å². The van der Waals surface area contributed by atoms with Crippen LogP contribution >= 0.6 is 23.4 Å². The number of aliphatic imine (C=N–C) groups is 1. The number of carbonyl (C=O) groups excluding carboxylic acids is 1. The van der Waals surface area contributed by atoms with Gasteiger partial charge in [0.25, 0.3) is 21.5 Å². The number of hydrogen-bond acceptors (Lipinski definition) is 11. The van der Waals surface area contributed by atoms with E-state index in [-0.39, 0.29) is 17.4 Å². The van der Waals surface area contributed by atoms with Crippen molar-refractivity contribution >= 4 is 57.1 Å². The number of rotatable bonds is 9. The Labute approximate surface area is 274 Å². The number of aryl methyl sites for hydroxylation is 1. The fourth-order valence-electron chi connectivity index (χ4n) is 5.25. The number of methoxy groups -OCH3 is 1. The summed E-state index contributed by atoms with van der Waals surface area (Å²) in [6, 6.07) is 13.7. The summed E-state index contributed by atoms with van der Waals surface area (Å²) in [4.78, 5) is 42.5. The molecule has 2 N–H and O–H groups in total. The molecule has 4 heterocycles. The number of aromatic amines is 1. The van der Waals surface area contributed by atoms with E-state index in [1.54, 1.807) is 55.6 Å². The topological polar surface area (TPSA) is 158 Å². The predicted molar refractivity (Wildman–Crippen MR) is 175 cm³/mol. The molecule has 14 nitrogen and oxygen atoms in total. The number of amides is 1. The predicted octanol–water partition coefficient (Wildman–Crippen LogP) is 2.22. The second-order valence-corrected chi connectivity index (χ2v) is 14.3. The molecule has 2 aromatic heterocycles. The molecule has 0 radical (unpaired) electrons. The third kappa shape index (κ3) is 6.54. The van der Waals surface area contributed by atoms with Crippen LogP contribution in [0.15, 0.2) is 63.2 Å². The lowest BCUT2D eigenvalue weighted by atomic mass is 10.2. The highest BCUT2D eigenvalue weighted by atomic mass is 35.5. The lowest BCUT2D eigenvalue weighted by Crippen LogP contribution is -2.50. The van der Waals surface area contributed by atoms with Crippen LogP contribution in [0.25, 0.3) is 5.78 Å². The van der Waals surface area contributed by atoms with Gasteiger partial charge in [0.05, 0.1) is 7.11 Å². The van der Waals surface area contributed by atoms with Crippen molar-refractivity contribution in [3.63, 3.8) is 0 Å². The number of carbonyl (C=O) groups is 1. The first-order valence-electron chi connectivity index (χ1n) is 14.4. The Kier molecular flexibility index (Phi) is 9.18.